The summed E-state index contributed by atoms with van der Waals surface area (Å²) in [6.07, 6.45) is -1.10. The van der Waals surface area contributed by atoms with Crippen LogP contribution in [0, 0.1) is 11.8 Å². The SMILES string of the molecule is CCOC(=O)c1ccc(C2OC3(C(=O)c4ccccc4C3=O)C3C(=O)N(c4cccc(Cl)c4)C(=O)C23)cc1. The standard InChI is InChI=1S/C29H20ClNO7/c1-2-37-28(36)16-12-10-15(11-13-16)23-21-22(27(35)31(26(21)34)18-7-5-6-17(30)14-18)29(38-23)24(32)19-8-3-4-9-20(19)25(29)33/h3-14,21-23H,2H2,1H3. The number of benzene rings is 3. The normalized spacial score (nSPS) is 23.2. The van der Waals surface area contributed by atoms with Crippen LogP contribution in [-0.2, 0) is 19.1 Å². The number of anilines is 1. The number of Topliss-reactive ketones (excluding diaryl/α,β-unsaturated/α-hetero) is 2. The summed E-state index contributed by atoms with van der Waals surface area (Å²) in [5, 5.41) is 0.317. The fourth-order valence-corrected chi connectivity index (χ4v) is 5.90. The van der Waals surface area contributed by atoms with Crippen LogP contribution in [0.25, 0.3) is 0 Å². The molecule has 6 rings (SSSR count). The third kappa shape index (κ3) is 3.23. The molecule has 0 aromatic heterocycles. The fraction of sp³-hybridized carbons (Fsp3) is 0.207. The van der Waals surface area contributed by atoms with Crippen molar-refractivity contribution in [1.29, 1.82) is 0 Å². The molecule has 2 saturated heterocycles. The van der Waals surface area contributed by atoms with Crippen molar-refractivity contribution in [3.8, 4) is 0 Å². The second-order valence-corrected chi connectivity index (χ2v) is 9.75. The number of esters is 1. The van der Waals surface area contributed by atoms with E-state index in [0.717, 1.165) is 4.90 Å². The van der Waals surface area contributed by atoms with Crippen LogP contribution in [0.5, 0.6) is 0 Å². The Morgan fingerprint density at radius 2 is 1.58 bits per heavy atom. The summed E-state index contributed by atoms with van der Waals surface area (Å²) in [5.41, 5.74) is -0.917. The van der Waals surface area contributed by atoms with Gasteiger partial charge in [0, 0.05) is 16.1 Å². The van der Waals surface area contributed by atoms with Crippen molar-refractivity contribution in [3.63, 3.8) is 0 Å². The Balaban J connectivity index is 1.49. The second-order valence-electron chi connectivity index (χ2n) is 9.32. The molecule has 3 aliphatic rings. The zero-order valence-electron chi connectivity index (χ0n) is 20.1. The lowest BCUT2D eigenvalue weighted by Crippen LogP contribution is -2.51. The van der Waals surface area contributed by atoms with Gasteiger partial charge in [0.25, 0.3) is 0 Å². The van der Waals surface area contributed by atoms with Gasteiger partial charge in [-0.05, 0) is 42.8 Å². The summed E-state index contributed by atoms with van der Waals surface area (Å²) in [7, 11) is 0. The van der Waals surface area contributed by atoms with Crippen molar-refractivity contribution in [2.45, 2.75) is 18.6 Å². The quantitative estimate of drug-likeness (QED) is 0.283. The molecular weight excluding hydrogens is 510 g/mol. The Morgan fingerprint density at radius 3 is 2.18 bits per heavy atom. The lowest BCUT2D eigenvalue weighted by molar-refractivity contribution is -0.127. The van der Waals surface area contributed by atoms with Crippen LogP contribution in [0.15, 0.2) is 72.8 Å². The number of rotatable bonds is 4. The predicted molar refractivity (Wildman–Crippen MR) is 135 cm³/mol. The van der Waals surface area contributed by atoms with Crippen molar-refractivity contribution in [1.82, 2.24) is 0 Å². The highest BCUT2D eigenvalue weighted by atomic mass is 35.5. The Labute approximate surface area is 222 Å². The van der Waals surface area contributed by atoms with Gasteiger partial charge in [0.1, 0.15) is 0 Å². The Bertz CT molecular complexity index is 1510. The molecule has 2 aliphatic heterocycles. The Morgan fingerprint density at radius 1 is 0.921 bits per heavy atom. The van der Waals surface area contributed by atoms with Gasteiger partial charge in [-0.2, -0.15) is 0 Å². The molecule has 190 valence electrons. The molecule has 8 nitrogen and oxygen atoms in total. The van der Waals surface area contributed by atoms with E-state index in [-0.39, 0.29) is 29.0 Å². The van der Waals surface area contributed by atoms with Crippen LogP contribution < -0.4 is 4.90 Å². The largest absolute Gasteiger partial charge is 0.462 e. The van der Waals surface area contributed by atoms with Crippen LogP contribution in [0.1, 0.15) is 49.7 Å². The van der Waals surface area contributed by atoms with Crippen molar-refractivity contribution in [2.75, 3.05) is 11.5 Å². The number of ketones is 2. The molecule has 0 N–H and O–H groups in total. The second kappa shape index (κ2) is 8.72. The molecule has 3 aromatic rings. The number of fused-ring (bicyclic) bond motifs is 3. The number of carbonyl (C=O) groups is 5. The smallest absolute Gasteiger partial charge is 0.338 e. The molecule has 38 heavy (non-hydrogen) atoms. The van der Waals surface area contributed by atoms with Crippen LogP contribution in [0.2, 0.25) is 5.02 Å². The van der Waals surface area contributed by atoms with Crippen molar-refractivity contribution < 1.29 is 33.4 Å². The number of imide groups is 1. The molecule has 1 aliphatic carbocycles. The van der Waals surface area contributed by atoms with Crippen LogP contribution in [-0.4, -0.2) is 41.6 Å². The number of halogens is 1. The summed E-state index contributed by atoms with van der Waals surface area (Å²) < 4.78 is 11.3. The van der Waals surface area contributed by atoms with Gasteiger partial charge in [0.15, 0.2) is 0 Å². The van der Waals surface area contributed by atoms with E-state index in [9.17, 15) is 24.0 Å². The topological polar surface area (TPSA) is 107 Å². The van der Waals surface area contributed by atoms with E-state index >= 15 is 0 Å². The van der Waals surface area contributed by atoms with E-state index < -0.39 is 52.9 Å². The van der Waals surface area contributed by atoms with E-state index in [1.165, 1.54) is 30.3 Å². The zero-order chi connectivity index (χ0) is 26.8. The van der Waals surface area contributed by atoms with Crippen LogP contribution in [0.4, 0.5) is 5.69 Å². The minimum absolute atomic E-state index is 0.149. The van der Waals surface area contributed by atoms with Gasteiger partial charge in [-0.1, -0.05) is 54.1 Å². The molecular formula is C29H20ClNO7. The van der Waals surface area contributed by atoms with Gasteiger partial charge in [-0.3, -0.25) is 19.2 Å². The summed E-state index contributed by atoms with van der Waals surface area (Å²) in [6, 6.07) is 18.7. The summed E-state index contributed by atoms with van der Waals surface area (Å²) in [6.45, 7) is 1.90. The van der Waals surface area contributed by atoms with Crippen LogP contribution >= 0.6 is 11.6 Å². The average Bonchev–Trinajstić information content (AvgIpc) is 3.49. The third-order valence-corrected chi connectivity index (χ3v) is 7.57. The van der Waals surface area contributed by atoms with Gasteiger partial charge < -0.3 is 9.47 Å². The average molecular weight is 530 g/mol. The zero-order valence-corrected chi connectivity index (χ0v) is 20.8. The molecule has 2 amide bonds. The first-order chi connectivity index (χ1) is 18.3. The minimum atomic E-state index is -2.18. The van der Waals surface area contributed by atoms with E-state index in [2.05, 4.69) is 0 Å². The van der Waals surface area contributed by atoms with Crippen molar-refractivity contribution >= 4 is 46.6 Å². The number of hydrogen-bond acceptors (Lipinski definition) is 7. The number of carbonyl (C=O) groups excluding carboxylic acids is 5. The molecule has 9 heteroatoms. The molecule has 3 unspecified atom stereocenters. The van der Waals surface area contributed by atoms with E-state index in [4.69, 9.17) is 21.1 Å². The molecule has 2 fully saturated rings. The molecule has 0 radical (unpaired) electrons. The van der Waals surface area contributed by atoms with E-state index in [1.807, 2.05) is 0 Å². The van der Waals surface area contributed by atoms with E-state index in [0.29, 0.717) is 10.6 Å². The molecule has 3 atom stereocenters. The Kier molecular flexibility index (Phi) is 5.55. The molecule has 1 spiro atoms. The van der Waals surface area contributed by atoms with Gasteiger partial charge in [0.05, 0.1) is 35.8 Å². The highest BCUT2D eigenvalue weighted by Gasteiger charge is 2.74. The predicted octanol–water partition coefficient (Wildman–Crippen LogP) is 4.21. The number of ether oxygens (including phenoxy) is 2. The third-order valence-electron chi connectivity index (χ3n) is 7.34. The maximum absolute atomic E-state index is 13.9. The highest BCUT2D eigenvalue weighted by molar-refractivity contribution is 6.37. The minimum Gasteiger partial charge on any atom is -0.462 e. The molecule has 2 heterocycles. The fourth-order valence-electron chi connectivity index (χ4n) is 5.71. The molecule has 0 bridgehead atoms. The van der Waals surface area contributed by atoms with E-state index in [1.54, 1.807) is 49.4 Å². The maximum Gasteiger partial charge on any atom is 0.338 e. The maximum atomic E-state index is 13.9. The summed E-state index contributed by atoms with van der Waals surface area (Å²) in [5.74, 6) is -5.65. The van der Waals surface area contributed by atoms with Gasteiger partial charge in [-0.25, -0.2) is 9.69 Å². The molecule has 3 aromatic carbocycles. The highest BCUT2D eigenvalue weighted by Crippen LogP contribution is 2.57. The van der Waals surface area contributed by atoms with Crippen molar-refractivity contribution in [3.05, 3.63) is 100 Å². The first kappa shape index (κ1) is 24.2. The monoisotopic (exact) mass is 529 g/mol. The number of nitrogens with zero attached hydrogens (tertiary/aromatic N) is 1. The van der Waals surface area contributed by atoms with Gasteiger partial charge in [-0.15, -0.1) is 0 Å². The first-order valence-electron chi connectivity index (χ1n) is 12.1. The van der Waals surface area contributed by atoms with Gasteiger partial charge >= 0.3 is 5.97 Å². The lowest BCUT2D eigenvalue weighted by Gasteiger charge is -2.27. The Hall–Kier alpha value is -4.14. The first-order valence-corrected chi connectivity index (χ1v) is 12.4. The molecule has 0 saturated carbocycles. The van der Waals surface area contributed by atoms with Gasteiger partial charge in [0.2, 0.25) is 29.0 Å². The number of hydrogen-bond donors (Lipinski definition) is 0. The van der Waals surface area contributed by atoms with Crippen LogP contribution in [0.3, 0.4) is 0 Å². The summed E-state index contributed by atoms with van der Waals surface area (Å²) in [4.78, 5) is 68.5. The summed E-state index contributed by atoms with van der Waals surface area (Å²) >= 11 is 6.13. The lowest BCUT2D eigenvalue weighted by atomic mass is 9.77. The van der Waals surface area contributed by atoms with Crippen molar-refractivity contribution in [2.24, 2.45) is 11.8 Å². The number of amides is 2.